The fourth-order valence-electron chi connectivity index (χ4n) is 2.30. The van der Waals surface area contributed by atoms with E-state index < -0.39 is 0 Å². The number of hydrogen-bond donors (Lipinski definition) is 1. The van der Waals surface area contributed by atoms with E-state index in [4.69, 9.17) is 9.73 Å². The molecule has 2 rings (SSSR count). The van der Waals surface area contributed by atoms with Gasteiger partial charge in [0.15, 0.2) is 5.96 Å². The smallest absolute Gasteiger partial charge is 0.194 e. The Bertz CT molecular complexity index is 659. The predicted molar refractivity (Wildman–Crippen MR) is 101 cm³/mol. The highest BCUT2D eigenvalue weighted by Gasteiger charge is 2.08. The van der Waals surface area contributed by atoms with Crippen molar-refractivity contribution in [3.63, 3.8) is 0 Å². The highest BCUT2D eigenvalue weighted by atomic mass is 32.1. The molecule has 0 radical (unpaired) electrons. The van der Waals surface area contributed by atoms with Crippen molar-refractivity contribution in [2.24, 2.45) is 4.99 Å². The first-order chi connectivity index (χ1) is 11.5. The summed E-state index contributed by atoms with van der Waals surface area (Å²) in [5, 5.41) is 4.40. The Labute approximate surface area is 148 Å². The van der Waals surface area contributed by atoms with Crippen LogP contribution in [0.1, 0.15) is 28.1 Å². The first kappa shape index (κ1) is 18.3. The second-order valence-electron chi connectivity index (χ2n) is 5.62. The fraction of sp³-hybridized carbons (Fsp3) is 0.444. The first-order valence-electron chi connectivity index (χ1n) is 8.08. The van der Waals surface area contributed by atoms with Gasteiger partial charge in [0.25, 0.3) is 0 Å². The second kappa shape index (κ2) is 8.68. The molecular formula is C18H26N4OS. The van der Waals surface area contributed by atoms with Gasteiger partial charge in [-0.2, -0.15) is 0 Å². The minimum atomic E-state index is 0.606. The zero-order valence-electron chi connectivity index (χ0n) is 15.1. The van der Waals surface area contributed by atoms with E-state index in [2.05, 4.69) is 41.2 Å². The molecule has 1 aromatic heterocycles. The maximum Gasteiger partial charge on any atom is 0.194 e. The van der Waals surface area contributed by atoms with E-state index in [1.807, 2.05) is 26.1 Å². The lowest BCUT2D eigenvalue weighted by molar-refractivity contribution is 0.414. The van der Waals surface area contributed by atoms with Gasteiger partial charge in [0, 0.05) is 25.0 Å². The molecule has 0 aliphatic rings. The minimum absolute atomic E-state index is 0.606. The van der Waals surface area contributed by atoms with Crippen molar-refractivity contribution in [3.8, 4) is 5.75 Å². The van der Waals surface area contributed by atoms with Crippen LogP contribution in [0.2, 0.25) is 0 Å². The van der Waals surface area contributed by atoms with Crippen LogP contribution in [0.3, 0.4) is 0 Å². The summed E-state index contributed by atoms with van der Waals surface area (Å²) in [5.41, 5.74) is 2.31. The standard InChI is InChI=1S/C18H26N4OS/c1-6-19-18(20-11-17-21-13(2)14(3)24-17)22(4)12-15-7-9-16(23-5)10-8-15/h7-10H,6,11-12H2,1-5H3,(H,19,20). The molecule has 0 saturated carbocycles. The van der Waals surface area contributed by atoms with Crippen LogP contribution in [-0.4, -0.2) is 36.5 Å². The van der Waals surface area contributed by atoms with E-state index in [1.165, 1.54) is 10.4 Å². The number of methoxy groups -OCH3 is 1. The molecule has 1 aromatic carbocycles. The molecule has 2 aromatic rings. The van der Waals surface area contributed by atoms with Crippen molar-refractivity contribution in [3.05, 3.63) is 45.4 Å². The maximum atomic E-state index is 5.20. The van der Waals surface area contributed by atoms with Gasteiger partial charge < -0.3 is 15.0 Å². The van der Waals surface area contributed by atoms with Crippen LogP contribution in [-0.2, 0) is 13.1 Å². The number of hydrogen-bond acceptors (Lipinski definition) is 4. The van der Waals surface area contributed by atoms with E-state index in [0.717, 1.165) is 35.5 Å². The third-order valence-corrected chi connectivity index (χ3v) is 4.77. The van der Waals surface area contributed by atoms with Crippen LogP contribution in [0, 0.1) is 13.8 Å². The summed E-state index contributed by atoms with van der Waals surface area (Å²) >= 11 is 1.72. The van der Waals surface area contributed by atoms with Crippen molar-refractivity contribution >= 4 is 17.3 Å². The third-order valence-electron chi connectivity index (χ3n) is 3.71. The van der Waals surface area contributed by atoms with E-state index in [-0.39, 0.29) is 0 Å². The van der Waals surface area contributed by atoms with E-state index in [0.29, 0.717) is 6.54 Å². The number of ether oxygens (including phenoxy) is 1. The number of rotatable bonds is 6. The SMILES string of the molecule is CCNC(=NCc1nc(C)c(C)s1)N(C)Cc1ccc(OC)cc1. The topological polar surface area (TPSA) is 49.8 Å². The molecular weight excluding hydrogens is 320 g/mol. The normalized spacial score (nSPS) is 11.5. The number of benzene rings is 1. The molecule has 0 unspecified atom stereocenters. The Balaban J connectivity index is 2.05. The van der Waals surface area contributed by atoms with Crippen LogP contribution in [0.4, 0.5) is 0 Å². The number of aliphatic imine (C=N–C) groups is 1. The van der Waals surface area contributed by atoms with Gasteiger partial charge in [0.05, 0.1) is 19.3 Å². The molecule has 6 heteroatoms. The first-order valence-corrected chi connectivity index (χ1v) is 8.90. The van der Waals surface area contributed by atoms with Crippen LogP contribution >= 0.6 is 11.3 Å². The Hall–Kier alpha value is -2.08. The number of thiazole rings is 1. The summed E-state index contributed by atoms with van der Waals surface area (Å²) in [4.78, 5) is 12.7. The molecule has 0 fully saturated rings. The van der Waals surface area contributed by atoms with E-state index in [9.17, 15) is 0 Å². The van der Waals surface area contributed by atoms with Gasteiger partial charge in [-0.1, -0.05) is 12.1 Å². The monoisotopic (exact) mass is 346 g/mol. The molecule has 0 spiro atoms. The quantitative estimate of drug-likeness (QED) is 0.644. The molecule has 0 saturated heterocycles. The molecule has 0 atom stereocenters. The molecule has 5 nitrogen and oxygen atoms in total. The minimum Gasteiger partial charge on any atom is -0.497 e. The van der Waals surface area contributed by atoms with Crippen LogP contribution < -0.4 is 10.1 Å². The largest absolute Gasteiger partial charge is 0.497 e. The molecule has 0 aliphatic heterocycles. The average Bonchev–Trinajstić information content (AvgIpc) is 2.90. The Morgan fingerprint density at radius 1 is 1.29 bits per heavy atom. The van der Waals surface area contributed by atoms with Crippen molar-refractivity contribution in [1.82, 2.24) is 15.2 Å². The van der Waals surface area contributed by atoms with Crippen LogP contribution in [0.15, 0.2) is 29.3 Å². The summed E-state index contributed by atoms with van der Waals surface area (Å²) in [6.45, 7) is 8.44. The molecule has 0 aliphatic carbocycles. The fourth-order valence-corrected chi connectivity index (χ4v) is 3.16. The summed E-state index contributed by atoms with van der Waals surface area (Å²) in [7, 11) is 3.73. The summed E-state index contributed by atoms with van der Waals surface area (Å²) in [5.74, 6) is 1.76. The van der Waals surface area contributed by atoms with Gasteiger partial charge in [0.2, 0.25) is 0 Å². The molecule has 1 heterocycles. The van der Waals surface area contributed by atoms with Gasteiger partial charge in [0.1, 0.15) is 10.8 Å². The van der Waals surface area contributed by atoms with Gasteiger partial charge >= 0.3 is 0 Å². The molecule has 0 bridgehead atoms. The number of aryl methyl sites for hydroxylation is 2. The lowest BCUT2D eigenvalue weighted by Crippen LogP contribution is -2.38. The van der Waals surface area contributed by atoms with E-state index in [1.54, 1.807) is 18.4 Å². The second-order valence-corrected chi connectivity index (χ2v) is 6.91. The average molecular weight is 347 g/mol. The van der Waals surface area contributed by atoms with Gasteiger partial charge in [-0.05, 0) is 38.5 Å². The lowest BCUT2D eigenvalue weighted by Gasteiger charge is -2.22. The number of nitrogens with zero attached hydrogens (tertiary/aromatic N) is 3. The Kier molecular flexibility index (Phi) is 6.61. The summed E-state index contributed by atoms with van der Waals surface area (Å²) in [6.07, 6.45) is 0. The Morgan fingerprint density at radius 3 is 2.54 bits per heavy atom. The van der Waals surface area contributed by atoms with Crippen molar-refractivity contribution < 1.29 is 4.74 Å². The molecule has 0 amide bonds. The lowest BCUT2D eigenvalue weighted by atomic mass is 10.2. The molecule has 130 valence electrons. The maximum absolute atomic E-state index is 5.20. The zero-order chi connectivity index (χ0) is 17.5. The van der Waals surface area contributed by atoms with Gasteiger partial charge in [-0.15, -0.1) is 11.3 Å². The van der Waals surface area contributed by atoms with Crippen LogP contribution in [0.25, 0.3) is 0 Å². The van der Waals surface area contributed by atoms with E-state index >= 15 is 0 Å². The van der Waals surface area contributed by atoms with Gasteiger partial charge in [-0.3, -0.25) is 0 Å². The van der Waals surface area contributed by atoms with Crippen molar-refractivity contribution in [2.45, 2.75) is 33.9 Å². The third kappa shape index (κ3) is 4.96. The van der Waals surface area contributed by atoms with Crippen molar-refractivity contribution in [1.29, 1.82) is 0 Å². The number of guanidine groups is 1. The highest BCUT2D eigenvalue weighted by Crippen LogP contribution is 2.17. The summed E-state index contributed by atoms with van der Waals surface area (Å²) < 4.78 is 5.20. The number of nitrogens with one attached hydrogen (secondary N) is 1. The summed E-state index contributed by atoms with van der Waals surface area (Å²) in [6, 6.07) is 8.11. The molecule has 24 heavy (non-hydrogen) atoms. The number of aromatic nitrogens is 1. The highest BCUT2D eigenvalue weighted by molar-refractivity contribution is 7.11. The molecule has 1 N–H and O–H groups in total. The predicted octanol–water partition coefficient (Wildman–Crippen LogP) is 3.37. The van der Waals surface area contributed by atoms with Crippen LogP contribution in [0.5, 0.6) is 5.75 Å². The van der Waals surface area contributed by atoms with Gasteiger partial charge in [-0.25, -0.2) is 9.98 Å². The Morgan fingerprint density at radius 2 is 2.00 bits per heavy atom. The van der Waals surface area contributed by atoms with Crippen molar-refractivity contribution in [2.75, 3.05) is 20.7 Å². The zero-order valence-corrected chi connectivity index (χ0v) is 15.9.